The van der Waals surface area contributed by atoms with Gasteiger partial charge in [-0.1, -0.05) is 0 Å². The quantitative estimate of drug-likeness (QED) is 0.782. The van der Waals surface area contributed by atoms with Gasteiger partial charge in [0.25, 0.3) is 5.91 Å². The van der Waals surface area contributed by atoms with Crippen LogP contribution in [0.5, 0.6) is 0 Å². The Morgan fingerprint density at radius 2 is 1.81 bits per heavy atom. The number of hydrogen-bond donors (Lipinski definition) is 0. The molecule has 26 heavy (non-hydrogen) atoms. The number of amides is 1. The van der Waals surface area contributed by atoms with Crippen LogP contribution in [0.25, 0.3) is 5.69 Å². The van der Waals surface area contributed by atoms with Crippen LogP contribution < -0.4 is 0 Å². The summed E-state index contributed by atoms with van der Waals surface area (Å²) in [7, 11) is 6.35. The van der Waals surface area contributed by atoms with Crippen LogP contribution in [0.2, 0.25) is 0 Å². The van der Waals surface area contributed by atoms with E-state index in [4.69, 9.17) is 0 Å². The Bertz CT molecular complexity index is 697. The van der Waals surface area contributed by atoms with Crippen molar-refractivity contribution in [1.82, 2.24) is 29.5 Å². The largest absolute Gasteiger partial charge is 0.337 e. The summed E-state index contributed by atoms with van der Waals surface area (Å²) in [5.74, 6) is 0.117. The molecule has 1 aromatic heterocycles. The first kappa shape index (κ1) is 18.5. The number of rotatable bonds is 6. The van der Waals surface area contributed by atoms with Crippen molar-refractivity contribution in [2.45, 2.75) is 18.9 Å². The summed E-state index contributed by atoms with van der Waals surface area (Å²) in [6, 6.07) is 8.07. The van der Waals surface area contributed by atoms with Gasteiger partial charge < -0.3 is 14.7 Å². The number of likely N-dealkylation sites (N-methyl/N-ethyl adjacent to an activating group) is 2. The van der Waals surface area contributed by atoms with E-state index in [1.165, 1.54) is 0 Å². The van der Waals surface area contributed by atoms with Crippen LogP contribution >= 0.6 is 0 Å². The Kier molecular flexibility index (Phi) is 6.00. The van der Waals surface area contributed by atoms with Crippen LogP contribution in [0, 0.1) is 0 Å². The third kappa shape index (κ3) is 4.47. The fourth-order valence-electron chi connectivity index (χ4n) is 3.33. The second-order valence-electron chi connectivity index (χ2n) is 7.25. The monoisotopic (exact) mass is 356 g/mol. The normalized spacial score (nSPS) is 17.9. The van der Waals surface area contributed by atoms with Crippen molar-refractivity contribution in [2.75, 3.05) is 47.3 Å². The van der Waals surface area contributed by atoms with Gasteiger partial charge in [0.15, 0.2) is 0 Å². The molecule has 0 N–H and O–H groups in total. The highest BCUT2D eigenvalue weighted by Gasteiger charge is 2.26. The Hall–Kier alpha value is -2.25. The smallest absolute Gasteiger partial charge is 0.253 e. The van der Waals surface area contributed by atoms with Crippen molar-refractivity contribution in [3.05, 3.63) is 42.5 Å². The van der Waals surface area contributed by atoms with Crippen molar-refractivity contribution in [2.24, 2.45) is 0 Å². The molecule has 0 bridgehead atoms. The van der Waals surface area contributed by atoms with Gasteiger partial charge >= 0.3 is 0 Å². The van der Waals surface area contributed by atoms with Gasteiger partial charge in [-0.3, -0.25) is 9.36 Å². The van der Waals surface area contributed by atoms with Crippen molar-refractivity contribution in [3.63, 3.8) is 0 Å². The van der Waals surface area contributed by atoms with Gasteiger partial charge in [-0.05, 0) is 58.3 Å². The Morgan fingerprint density at radius 1 is 1.12 bits per heavy atom. The van der Waals surface area contributed by atoms with Crippen LogP contribution in [0.4, 0.5) is 0 Å². The van der Waals surface area contributed by atoms with Gasteiger partial charge in [0.05, 0.1) is 0 Å². The lowest BCUT2D eigenvalue weighted by Crippen LogP contribution is -2.49. The molecule has 7 nitrogen and oxygen atoms in total. The van der Waals surface area contributed by atoms with Gasteiger partial charge in [0.2, 0.25) is 0 Å². The van der Waals surface area contributed by atoms with E-state index >= 15 is 0 Å². The van der Waals surface area contributed by atoms with Gasteiger partial charge in [-0.15, -0.1) is 10.2 Å². The van der Waals surface area contributed by atoms with Crippen LogP contribution in [-0.4, -0.2) is 88.7 Å². The Labute approximate surface area is 155 Å². The number of carbonyl (C=O) groups excluding carboxylic acids is 1. The Balaban J connectivity index is 1.62. The van der Waals surface area contributed by atoms with Gasteiger partial charge in [0.1, 0.15) is 12.7 Å². The number of aromatic nitrogens is 3. The molecule has 0 unspecified atom stereocenters. The summed E-state index contributed by atoms with van der Waals surface area (Å²) >= 11 is 0. The zero-order valence-electron chi connectivity index (χ0n) is 15.9. The SMILES string of the molecule is CN(C)CCN(C)[C@H]1CCCN(C(=O)c2ccc(-n3cnnc3)cc2)C1. The fraction of sp³-hybridized carbons (Fsp3) is 0.526. The number of benzene rings is 1. The molecule has 2 heterocycles. The van der Waals surface area contributed by atoms with E-state index in [1.54, 1.807) is 12.7 Å². The molecule has 3 rings (SSSR count). The van der Waals surface area contributed by atoms with E-state index in [9.17, 15) is 4.79 Å². The molecular formula is C19H28N6O. The number of piperidine rings is 1. The average molecular weight is 356 g/mol. The standard InChI is InChI=1S/C19H28N6O/c1-22(2)11-12-23(3)18-5-4-10-24(13-18)19(26)16-6-8-17(9-7-16)25-14-20-21-15-25/h6-9,14-15,18H,4-5,10-13H2,1-3H3/t18-/m0/s1. The van der Waals surface area contributed by atoms with E-state index in [1.807, 2.05) is 33.7 Å². The summed E-state index contributed by atoms with van der Waals surface area (Å²) in [5.41, 5.74) is 1.69. The second-order valence-corrected chi connectivity index (χ2v) is 7.25. The van der Waals surface area contributed by atoms with Crippen LogP contribution in [0.3, 0.4) is 0 Å². The Morgan fingerprint density at radius 3 is 2.46 bits per heavy atom. The third-order valence-corrected chi connectivity index (χ3v) is 5.04. The molecule has 0 radical (unpaired) electrons. The van der Waals surface area contributed by atoms with E-state index in [2.05, 4.69) is 41.1 Å². The van der Waals surface area contributed by atoms with E-state index in [-0.39, 0.29) is 5.91 Å². The van der Waals surface area contributed by atoms with Crippen molar-refractivity contribution >= 4 is 5.91 Å². The minimum Gasteiger partial charge on any atom is -0.337 e. The summed E-state index contributed by atoms with van der Waals surface area (Å²) in [6.45, 7) is 3.69. The highest BCUT2D eigenvalue weighted by atomic mass is 16.2. The molecule has 2 aromatic rings. The van der Waals surface area contributed by atoms with E-state index in [0.717, 1.165) is 50.3 Å². The number of carbonyl (C=O) groups is 1. The molecule has 1 aliphatic heterocycles. The van der Waals surface area contributed by atoms with Gasteiger partial charge in [-0.2, -0.15) is 0 Å². The molecule has 7 heteroatoms. The summed E-state index contributed by atoms with van der Waals surface area (Å²) in [5, 5.41) is 7.62. The summed E-state index contributed by atoms with van der Waals surface area (Å²) < 4.78 is 1.82. The molecule has 1 aromatic carbocycles. The van der Waals surface area contributed by atoms with Crippen molar-refractivity contribution in [3.8, 4) is 5.69 Å². The zero-order valence-corrected chi connectivity index (χ0v) is 15.9. The van der Waals surface area contributed by atoms with Crippen LogP contribution in [-0.2, 0) is 0 Å². The maximum Gasteiger partial charge on any atom is 0.253 e. The zero-order chi connectivity index (χ0) is 18.5. The number of hydrogen-bond acceptors (Lipinski definition) is 5. The first-order valence-corrected chi connectivity index (χ1v) is 9.14. The number of likely N-dealkylation sites (tertiary alicyclic amines) is 1. The molecule has 1 amide bonds. The highest BCUT2D eigenvalue weighted by molar-refractivity contribution is 5.94. The molecular weight excluding hydrogens is 328 g/mol. The maximum absolute atomic E-state index is 12.9. The number of nitrogens with zero attached hydrogens (tertiary/aromatic N) is 6. The van der Waals surface area contributed by atoms with Crippen LogP contribution in [0.1, 0.15) is 23.2 Å². The molecule has 0 saturated carbocycles. The molecule has 1 aliphatic rings. The predicted molar refractivity (Wildman–Crippen MR) is 101 cm³/mol. The summed E-state index contributed by atoms with van der Waals surface area (Å²) in [4.78, 5) is 19.5. The lowest BCUT2D eigenvalue weighted by atomic mass is 10.0. The van der Waals surface area contributed by atoms with Gasteiger partial charge in [-0.25, -0.2) is 0 Å². The first-order chi connectivity index (χ1) is 12.5. The lowest BCUT2D eigenvalue weighted by molar-refractivity contribution is 0.0603. The fourth-order valence-corrected chi connectivity index (χ4v) is 3.33. The van der Waals surface area contributed by atoms with Crippen LogP contribution in [0.15, 0.2) is 36.9 Å². The molecule has 1 saturated heterocycles. The van der Waals surface area contributed by atoms with Crippen molar-refractivity contribution in [1.29, 1.82) is 0 Å². The second kappa shape index (κ2) is 8.42. The topological polar surface area (TPSA) is 57.5 Å². The molecule has 1 fully saturated rings. The average Bonchev–Trinajstić information content (AvgIpc) is 3.20. The molecule has 0 aliphatic carbocycles. The van der Waals surface area contributed by atoms with E-state index < -0.39 is 0 Å². The highest BCUT2D eigenvalue weighted by Crippen LogP contribution is 2.18. The minimum atomic E-state index is 0.117. The van der Waals surface area contributed by atoms with E-state index in [0.29, 0.717) is 6.04 Å². The predicted octanol–water partition coefficient (Wildman–Crippen LogP) is 1.37. The summed E-state index contributed by atoms with van der Waals surface area (Å²) in [6.07, 6.45) is 5.51. The minimum absolute atomic E-state index is 0.117. The maximum atomic E-state index is 12.9. The first-order valence-electron chi connectivity index (χ1n) is 9.14. The van der Waals surface area contributed by atoms with Crippen molar-refractivity contribution < 1.29 is 4.79 Å². The lowest BCUT2D eigenvalue weighted by Gasteiger charge is -2.38. The molecule has 1 atom stereocenters. The third-order valence-electron chi connectivity index (χ3n) is 5.04. The van der Waals surface area contributed by atoms with Gasteiger partial charge in [0, 0.05) is 43.5 Å². The molecule has 140 valence electrons. The molecule has 0 spiro atoms.